The number of nitrogens with two attached hydrogens (primary N) is 2. The van der Waals surface area contributed by atoms with Crippen LogP contribution in [0.2, 0.25) is 0 Å². The van der Waals surface area contributed by atoms with E-state index in [1.165, 1.54) is 0 Å². The first-order valence-electron chi connectivity index (χ1n) is 18.6. The summed E-state index contributed by atoms with van der Waals surface area (Å²) in [5.74, 6) is -0.957. The molecule has 0 radical (unpaired) electrons. The van der Waals surface area contributed by atoms with Crippen molar-refractivity contribution in [1.82, 2.24) is 4.98 Å². The Morgan fingerprint density at radius 3 is 2.36 bits per heavy atom. The highest BCUT2D eigenvalue weighted by molar-refractivity contribution is 5.97. The molecule has 58 heavy (non-hydrogen) atoms. The van der Waals surface area contributed by atoms with Crippen LogP contribution in [0.1, 0.15) is 35.1 Å². The van der Waals surface area contributed by atoms with E-state index in [0.717, 1.165) is 27.6 Å². The number of benzene rings is 4. The number of hydrogen-bond acceptors (Lipinski definition) is 14. The third-order valence-corrected chi connectivity index (χ3v) is 10.8. The minimum atomic E-state index is -1.89. The highest BCUT2D eigenvalue weighted by Gasteiger charge is 2.52. The van der Waals surface area contributed by atoms with Crippen molar-refractivity contribution in [3.8, 4) is 39.9 Å². The van der Waals surface area contributed by atoms with E-state index in [4.69, 9.17) is 49.7 Å². The second-order valence-electron chi connectivity index (χ2n) is 14.4. The van der Waals surface area contributed by atoms with Crippen LogP contribution >= 0.6 is 0 Å². The van der Waals surface area contributed by atoms with Crippen LogP contribution in [-0.2, 0) is 25.5 Å². The van der Waals surface area contributed by atoms with Crippen LogP contribution in [0.4, 0.5) is 0 Å². The molecule has 3 aliphatic rings. The molecule has 5 aromatic rings. The van der Waals surface area contributed by atoms with Gasteiger partial charge < -0.3 is 70.0 Å². The second-order valence-corrected chi connectivity index (χ2v) is 14.4. The summed E-state index contributed by atoms with van der Waals surface area (Å²) in [5, 5.41) is 43.1. The smallest absolute Gasteiger partial charge is 0.317 e. The number of aliphatic hydroxyl groups is 3. The van der Waals surface area contributed by atoms with E-state index in [1.807, 2.05) is 72.9 Å². The first kappa shape index (κ1) is 39.0. The molecule has 1 fully saturated rings. The molecule has 0 spiro atoms. The molecule has 0 amide bonds. The van der Waals surface area contributed by atoms with Crippen molar-refractivity contribution in [2.75, 3.05) is 14.2 Å². The number of carbonyl (C=O) groups excluding carboxylic acids is 1. The molecule has 1 saturated heterocycles. The third kappa shape index (κ3) is 7.03. The number of hydrogen-bond donors (Lipinski definition) is 7. The Bertz CT molecular complexity index is 2320. The van der Waals surface area contributed by atoms with E-state index >= 15 is 0 Å². The lowest BCUT2D eigenvalue weighted by atomic mass is 9.79. The highest BCUT2D eigenvalue weighted by Crippen LogP contribution is 2.60. The largest absolute Gasteiger partial charge is 0.493 e. The average molecular weight is 798 g/mol. The van der Waals surface area contributed by atoms with Gasteiger partial charge in [-0.2, -0.15) is 0 Å². The first-order valence-corrected chi connectivity index (χ1v) is 18.6. The number of carbonyl (C=O) groups is 2. The van der Waals surface area contributed by atoms with Crippen LogP contribution in [0.15, 0.2) is 85.1 Å². The fourth-order valence-electron chi connectivity index (χ4n) is 8.18. The van der Waals surface area contributed by atoms with Gasteiger partial charge in [-0.3, -0.25) is 9.59 Å². The topological polar surface area (TPSA) is 247 Å². The number of aromatic nitrogens is 1. The van der Waals surface area contributed by atoms with Gasteiger partial charge in [-0.25, -0.2) is 0 Å². The molecule has 0 bridgehead atoms. The number of para-hydroxylation sites is 1. The quantitative estimate of drug-likeness (QED) is 0.0545. The van der Waals surface area contributed by atoms with Gasteiger partial charge in [-0.15, -0.1) is 0 Å². The van der Waals surface area contributed by atoms with Crippen LogP contribution in [0.25, 0.3) is 22.0 Å². The van der Waals surface area contributed by atoms with Crippen LogP contribution in [0.3, 0.4) is 0 Å². The molecule has 0 saturated carbocycles. The Balaban J connectivity index is 1.24. The summed E-state index contributed by atoms with van der Waals surface area (Å²) >= 11 is 0. The maximum Gasteiger partial charge on any atom is 0.317 e. The third-order valence-electron chi connectivity index (χ3n) is 10.8. The van der Waals surface area contributed by atoms with Crippen LogP contribution in [-0.4, -0.2) is 101 Å². The minimum Gasteiger partial charge on any atom is -0.493 e. The van der Waals surface area contributed by atoms with Crippen LogP contribution in [0.5, 0.6) is 28.7 Å². The van der Waals surface area contributed by atoms with Gasteiger partial charge in [0.05, 0.1) is 26.3 Å². The number of ether oxygens (including phenoxy) is 7. The molecular formula is C42H43N3O13. The van der Waals surface area contributed by atoms with Crippen molar-refractivity contribution in [3.63, 3.8) is 0 Å². The van der Waals surface area contributed by atoms with Gasteiger partial charge >= 0.3 is 11.9 Å². The Kier molecular flexibility index (Phi) is 10.6. The lowest BCUT2D eigenvalue weighted by molar-refractivity contribution is -0.291. The van der Waals surface area contributed by atoms with Crippen molar-refractivity contribution in [2.45, 2.75) is 73.9 Å². The number of carboxylic acids is 1. The summed E-state index contributed by atoms with van der Waals surface area (Å²) in [4.78, 5) is 26.8. The van der Waals surface area contributed by atoms with Gasteiger partial charge in [0.25, 0.3) is 0 Å². The van der Waals surface area contributed by atoms with Crippen molar-refractivity contribution in [3.05, 3.63) is 102 Å². The number of aliphatic hydroxyl groups excluding tert-OH is 3. The first-order chi connectivity index (χ1) is 28.0. The van der Waals surface area contributed by atoms with Crippen LogP contribution < -0.4 is 35.2 Å². The molecule has 8 rings (SSSR count). The molecule has 304 valence electrons. The fourth-order valence-corrected chi connectivity index (χ4v) is 8.18. The SMILES string of the molecule is COc1ccc2c(c1OC)OC1c3c(cc(OC4OC(C(OC(=O)CC(=O)O)C(N)N)C(O)C(O)C4O)cc3-c3c[nH]c4ccccc34)OC(Cc3ccccc3)C21. The number of esters is 1. The standard InChI is InChI=1S/C42H43N3O13/c1-52-26-13-12-22-31-27(14-19-8-4-3-5-9-19)55-28-16-20(54-42-35(51)33(49)34(50)39(58-42)40(41(43)44)56-30(48)17-29(46)47)15-23(24-18-45-25-11-7-6-10-21(24)25)32(28)38(31)57-36(22)37(26)53-2/h3-13,15-16,18,27,31,33-35,38-42,45,49-51H,14,17,43-44H2,1-2H3,(H,46,47). The maximum absolute atomic E-state index is 12.3. The summed E-state index contributed by atoms with van der Waals surface area (Å²) in [6.45, 7) is 0. The molecule has 0 aliphatic carbocycles. The molecule has 16 heteroatoms. The Hall–Kier alpha value is -5.88. The molecule has 9 atom stereocenters. The summed E-state index contributed by atoms with van der Waals surface area (Å²) in [6.07, 6.45) is -11.7. The summed E-state index contributed by atoms with van der Waals surface area (Å²) < 4.78 is 42.8. The molecule has 9 N–H and O–H groups in total. The van der Waals surface area contributed by atoms with Crippen molar-refractivity contribution >= 4 is 22.8 Å². The summed E-state index contributed by atoms with van der Waals surface area (Å²) in [6, 6.07) is 24.8. The minimum absolute atomic E-state index is 0.133. The van der Waals surface area contributed by atoms with Gasteiger partial charge in [0, 0.05) is 46.3 Å². The van der Waals surface area contributed by atoms with Crippen molar-refractivity contribution < 1.29 is 63.2 Å². The predicted molar refractivity (Wildman–Crippen MR) is 206 cm³/mol. The fraction of sp³-hybridized carbons (Fsp3) is 0.333. The van der Waals surface area contributed by atoms with E-state index < -0.39 is 73.5 Å². The molecule has 1 aromatic heterocycles. The average Bonchev–Trinajstić information content (AvgIpc) is 3.82. The van der Waals surface area contributed by atoms with E-state index in [2.05, 4.69) is 4.98 Å². The van der Waals surface area contributed by atoms with E-state index in [9.17, 15) is 24.9 Å². The normalized spacial score (nSPS) is 25.1. The second kappa shape index (κ2) is 15.8. The lowest BCUT2D eigenvalue weighted by Gasteiger charge is -2.43. The van der Waals surface area contributed by atoms with Crippen molar-refractivity contribution in [2.24, 2.45) is 11.5 Å². The van der Waals surface area contributed by atoms with Gasteiger partial charge in [0.15, 0.2) is 17.6 Å². The molecule has 4 aromatic carbocycles. The number of rotatable bonds is 12. The number of fused-ring (bicyclic) bond motifs is 6. The van der Waals surface area contributed by atoms with E-state index in [0.29, 0.717) is 40.5 Å². The molecule has 4 heterocycles. The Morgan fingerprint density at radius 1 is 0.879 bits per heavy atom. The van der Waals surface area contributed by atoms with Crippen molar-refractivity contribution in [1.29, 1.82) is 0 Å². The molecule has 16 nitrogen and oxygen atoms in total. The van der Waals surface area contributed by atoms with Gasteiger partial charge in [-0.1, -0.05) is 54.6 Å². The molecule has 9 unspecified atom stereocenters. The van der Waals surface area contributed by atoms with E-state index in [-0.39, 0.29) is 11.7 Å². The zero-order valence-electron chi connectivity index (χ0n) is 31.4. The van der Waals surface area contributed by atoms with Crippen LogP contribution in [0, 0.1) is 0 Å². The number of carboxylic acid groups (broad SMARTS) is 1. The molecule has 3 aliphatic heterocycles. The number of H-pyrrole nitrogens is 1. The zero-order valence-corrected chi connectivity index (χ0v) is 31.4. The van der Waals surface area contributed by atoms with Gasteiger partial charge in [-0.05, 0) is 29.3 Å². The van der Waals surface area contributed by atoms with E-state index in [1.54, 1.807) is 26.4 Å². The summed E-state index contributed by atoms with van der Waals surface area (Å²) in [5.41, 5.74) is 16.7. The van der Waals surface area contributed by atoms with Gasteiger partial charge in [0.2, 0.25) is 12.0 Å². The lowest BCUT2D eigenvalue weighted by Crippen LogP contribution is -2.66. The predicted octanol–water partition coefficient (Wildman–Crippen LogP) is 2.89. The Labute approximate surface area is 331 Å². The number of methoxy groups -OCH3 is 2. The summed E-state index contributed by atoms with van der Waals surface area (Å²) in [7, 11) is 3.12. The molecular weight excluding hydrogens is 754 g/mol. The number of nitrogens with one attached hydrogen (secondary N) is 1. The maximum atomic E-state index is 12.3. The Morgan fingerprint density at radius 2 is 1.64 bits per heavy atom. The number of aromatic amines is 1. The zero-order chi connectivity index (χ0) is 40.8. The number of aliphatic carboxylic acids is 1. The monoisotopic (exact) mass is 797 g/mol. The van der Waals surface area contributed by atoms with Gasteiger partial charge in [0.1, 0.15) is 54.5 Å². The highest BCUT2D eigenvalue weighted by atomic mass is 16.7.